The largest absolute Gasteiger partial charge is 0.478 e. The third kappa shape index (κ3) is 3.33. The molecule has 104 valence electrons. The van der Waals surface area contributed by atoms with E-state index in [2.05, 4.69) is 21.2 Å². The number of nitrogens with one attached hydrogen (secondary N) is 1. The maximum atomic E-state index is 13.0. The Morgan fingerprint density at radius 3 is 2.50 bits per heavy atom. The molecule has 2 rings (SSSR count). The summed E-state index contributed by atoms with van der Waals surface area (Å²) in [6.45, 7) is 0.294. The molecule has 0 bridgehead atoms. The molecule has 0 unspecified atom stereocenters. The van der Waals surface area contributed by atoms with Crippen molar-refractivity contribution in [3.8, 4) is 0 Å². The Labute approximate surface area is 122 Å². The van der Waals surface area contributed by atoms with Crippen LogP contribution in [0.25, 0.3) is 0 Å². The molecule has 0 spiro atoms. The fraction of sp³-hybridized carbons (Fsp3) is 0.0714. The molecule has 0 aliphatic heterocycles. The lowest BCUT2D eigenvalue weighted by Gasteiger charge is -2.09. The Morgan fingerprint density at radius 1 is 1.15 bits per heavy atom. The Bertz CT molecular complexity index is 662. The summed E-state index contributed by atoms with van der Waals surface area (Å²) in [4.78, 5) is 10.8. The molecule has 0 radical (unpaired) electrons. The summed E-state index contributed by atoms with van der Waals surface area (Å²) in [7, 11) is 0. The van der Waals surface area contributed by atoms with Crippen LogP contribution in [0.15, 0.2) is 40.9 Å². The summed E-state index contributed by atoms with van der Waals surface area (Å²) in [5.74, 6) is -2.80. The van der Waals surface area contributed by atoms with E-state index in [-0.39, 0.29) is 5.56 Å². The average molecular weight is 342 g/mol. The normalized spacial score (nSPS) is 10.3. The Hall–Kier alpha value is -1.95. The van der Waals surface area contributed by atoms with Crippen molar-refractivity contribution < 1.29 is 18.7 Å². The lowest BCUT2D eigenvalue weighted by molar-refractivity contribution is 0.0697. The van der Waals surface area contributed by atoms with Gasteiger partial charge in [-0.2, -0.15) is 0 Å². The number of anilines is 1. The molecule has 2 N–H and O–H groups in total. The lowest BCUT2D eigenvalue weighted by Crippen LogP contribution is -2.02. The molecule has 0 aliphatic rings. The molecule has 3 nitrogen and oxygen atoms in total. The smallest absolute Gasteiger partial charge is 0.335 e. The molecule has 0 saturated carbocycles. The summed E-state index contributed by atoms with van der Waals surface area (Å²) in [5.41, 5.74) is 1.41. The van der Waals surface area contributed by atoms with Crippen LogP contribution in [-0.2, 0) is 6.54 Å². The van der Waals surface area contributed by atoms with Crippen LogP contribution in [0.4, 0.5) is 14.5 Å². The molecule has 2 aromatic rings. The van der Waals surface area contributed by atoms with E-state index >= 15 is 0 Å². The van der Waals surface area contributed by atoms with Crippen LogP contribution in [0.2, 0.25) is 0 Å². The monoisotopic (exact) mass is 341 g/mol. The second-order valence-corrected chi connectivity index (χ2v) is 4.96. The quantitative estimate of drug-likeness (QED) is 0.882. The van der Waals surface area contributed by atoms with E-state index in [0.29, 0.717) is 22.3 Å². The molecule has 0 fully saturated rings. The third-order valence-electron chi connectivity index (χ3n) is 2.68. The van der Waals surface area contributed by atoms with Crippen LogP contribution in [0, 0.1) is 11.6 Å². The SMILES string of the molecule is O=C(O)c1ccc(NCc2ccc(F)c(F)c2)c(Br)c1. The topological polar surface area (TPSA) is 49.3 Å². The van der Waals surface area contributed by atoms with Crippen molar-refractivity contribution in [1.82, 2.24) is 0 Å². The summed E-state index contributed by atoms with van der Waals surface area (Å²) >= 11 is 3.26. The van der Waals surface area contributed by atoms with Crippen LogP contribution in [-0.4, -0.2) is 11.1 Å². The number of hydrogen-bond donors (Lipinski definition) is 2. The van der Waals surface area contributed by atoms with E-state index in [1.807, 2.05) is 0 Å². The van der Waals surface area contributed by atoms with Gasteiger partial charge in [0.05, 0.1) is 5.56 Å². The predicted molar refractivity (Wildman–Crippen MR) is 74.8 cm³/mol. The molecule has 0 heterocycles. The van der Waals surface area contributed by atoms with Crippen molar-refractivity contribution >= 4 is 27.6 Å². The van der Waals surface area contributed by atoms with Gasteiger partial charge in [-0.05, 0) is 51.8 Å². The van der Waals surface area contributed by atoms with Gasteiger partial charge in [0.25, 0.3) is 0 Å². The van der Waals surface area contributed by atoms with Crippen LogP contribution >= 0.6 is 15.9 Å². The van der Waals surface area contributed by atoms with E-state index in [1.165, 1.54) is 18.2 Å². The molecule has 0 saturated heterocycles. The second-order valence-electron chi connectivity index (χ2n) is 4.10. The molecule has 0 aromatic heterocycles. The zero-order chi connectivity index (χ0) is 14.7. The van der Waals surface area contributed by atoms with E-state index in [4.69, 9.17) is 5.11 Å². The Balaban J connectivity index is 2.10. The van der Waals surface area contributed by atoms with Crippen LogP contribution in [0.3, 0.4) is 0 Å². The minimum atomic E-state index is -1.02. The molecular formula is C14H10BrF2NO2. The highest BCUT2D eigenvalue weighted by Gasteiger charge is 2.07. The van der Waals surface area contributed by atoms with Gasteiger partial charge >= 0.3 is 5.97 Å². The van der Waals surface area contributed by atoms with Gasteiger partial charge in [-0.1, -0.05) is 6.07 Å². The number of benzene rings is 2. The van der Waals surface area contributed by atoms with E-state index < -0.39 is 17.6 Å². The predicted octanol–water partition coefficient (Wildman–Crippen LogP) is 4.04. The lowest BCUT2D eigenvalue weighted by atomic mass is 10.2. The first-order chi connectivity index (χ1) is 9.47. The maximum Gasteiger partial charge on any atom is 0.335 e. The van der Waals surface area contributed by atoms with Crippen molar-refractivity contribution in [2.45, 2.75) is 6.54 Å². The highest BCUT2D eigenvalue weighted by molar-refractivity contribution is 9.10. The number of rotatable bonds is 4. The number of carbonyl (C=O) groups is 1. The second kappa shape index (κ2) is 6.00. The van der Waals surface area contributed by atoms with Crippen molar-refractivity contribution in [1.29, 1.82) is 0 Å². The first kappa shape index (κ1) is 14.5. The first-order valence-electron chi connectivity index (χ1n) is 5.68. The Morgan fingerprint density at radius 2 is 1.90 bits per heavy atom. The minimum Gasteiger partial charge on any atom is -0.478 e. The molecule has 6 heteroatoms. The summed E-state index contributed by atoms with van der Waals surface area (Å²) in [5, 5.41) is 11.9. The van der Waals surface area contributed by atoms with Crippen LogP contribution < -0.4 is 5.32 Å². The molecule has 2 aromatic carbocycles. The number of carboxylic acid groups (broad SMARTS) is 1. The average Bonchev–Trinajstić information content (AvgIpc) is 2.41. The van der Waals surface area contributed by atoms with Gasteiger partial charge in [0, 0.05) is 16.7 Å². The third-order valence-corrected chi connectivity index (χ3v) is 3.34. The summed E-state index contributed by atoms with van der Waals surface area (Å²) in [6, 6.07) is 8.19. The molecule has 0 aliphatic carbocycles. The van der Waals surface area contributed by atoms with Crippen LogP contribution in [0.5, 0.6) is 0 Å². The van der Waals surface area contributed by atoms with E-state index in [1.54, 1.807) is 6.07 Å². The van der Waals surface area contributed by atoms with Gasteiger partial charge in [0.2, 0.25) is 0 Å². The zero-order valence-electron chi connectivity index (χ0n) is 10.2. The van der Waals surface area contributed by atoms with Gasteiger partial charge in [-0.3, -0.25) is 0 Å². The molecule has 0 amide bonds. The highest BCUT2D eigenvalue weighted by atomic mass is 79.9. The number of aromatic carboxylic acids is 1. The van der Waals surface area contributed by atoms with E-state index in [0.717, 1.165) is 12.1 Å². The van der Waals surface area contributed by atoms with Crippen molar-refractivity contribution in [3.05, 3.63) is 63.6 Å². The standard InChI is InChI=1S/C14H10BrF2NO2/c15-10-6-9(14(19)20)2-4-13(10)18-7-8-1-3-11(16)12(17)5-8/h1-6,18H,7H2,(H,19,20). The molecular weight excluding hydrogens is 332 g/mol. The van der Waals surface area contributed by atoms with Gasteiger partial charge in [-0.25, -0.2) is 13.6 Å². The Kier molecular flexibility index (Phi) is 4.34. The highest BCUT2D eigenvalue weighted by Crippen LogP contribution is 2.24. The van der Waals surface area contributed by atoms with Crippen molar-refractivity contribution in [3.63, 3.8) is 0 Å². The molecule has 20 heavy (non-hydrogen) atoms. The number of hydrogen-bond acceptors (Lipinski definition) is 2. The zero-order valence-corrected chi connectivity index (χ0v) is 11.7. The van der Waals surface area contributed by atoms with Gasteiger partial charge < -0.3 is 10.4 Å². The van der Waals surface area contributed by atoms with Crippen molar-refractivity contribution in [2.24, 2.45) is 0 Å². The van der Waals surface area contributed by atoms with Gasteiger partial charge in [-0.15, -0.1) is 0 Å². The fourth-order valence-corrected chi connectivity index (χ4v) is 2.16. The van der Waals surface area contributed by atoms with Gasteiger partial charge in [0.15, 0.2) is 11.6 Å². The number of halogens is 3. The summed E-state index contributed by atoms with van der Waals surface area (Å²) < 4.78 is 26.4. The first-order valence-corrected chi connectivity index (χ1v) is 6.47. The fourth-order valence-electron chi connectivity index (χ4n) is 1.64. The van der Waals surface area contributed by atoms with E-state index in [9.17, 15) is 13.6 Å². The maximum absolute atomic E-state index is 13.0. The van der Waals surface area contributed by atoms with Crippen molar-refractivity contribution in [2.75, 3.05) is 5.32 Å². The molecule has 0 atom stereocenters. The van der Waals surface area contributed by atoms with Gasteiger partial charge in [0.1, 0.15) is 0 Å². The summed E-state index contributed by atoms with van der Waals surface area (Å²) in [6.07, 6.45) is 0. The minimum absolute atomic E-state index is 0.162. The number of carboxylic acids is 1. The van der Waals surface area contributed by atoms with Crippen LogP contribution in [0.1, 0.15) is 15.9 Å².